The lowest BCUT2D eigenvalue weighted by atomic mass is 10.2. The van der Waals surface area contributed by atoms with Crippen molar-refractivity contribution in [2.24, 2.45) is 0 Å². The molecule has 0 unspecified atom stereocenters. The SMILES string of the molecule is CO[C@H](C)c1noc(CSc2nnc(C)n2-c2cccc(C)c2)n1. The zero-order valence-corrected chi connectivity index (χ0v) is 14.9. The Bertz CT molecular complexity index is 829. The maximum Gasteiger partial charge on any atom is 0.237 e. The Balaban J connectivity index is 1.78. The van der Waals surface area contributed by atoms with Crippen LogP contribution in [0.4, 0.5) is 0 Å². The summed E-state index contributed by atoms with van der Waals surface area (Å²) in [4.78, 5) is 4.34. The molecule has 0 amide bonds. The number of benzene rings is 1. The third kappa shape index (κ3) is 3.49. The van der Waals surface area contributed by atoms with Crippen molar-refractivity contribution in [3.8, 4) is 5.69 Å². The number of thioether (sulfide) groups is 1. The summed E-state index contributed by atoms with van der Waals surface area (Å²) in [6, 6.07) is 8.23. The van der Waals surface area contributed by atoms with E-state index in [1.807, 2.05) is 30.5 Å². The van der Waals surface area contributed by atoms with Crippen molar-refractivity contribution in [1.82, 2.24) is 24.9 Å². The average molecular weight is 345 g/mol. The Morgan fingerprint density at radius 1 is 1.29 bits per heavy atom. The first-order valence-corrected chi connectivity index (χ1v) is 8.54. The van der Waals surface area contributed by atoms with Gasteiger partial charge in [-0.1, -0.05) is 29.1 Å². The lowest BCUT2D eigenvalue weighted by molar-refractivity contribution is 0.109. The van der Waals surface area contributed by atoms with Gasteiger partial charge in [-0.2, -0.15) is 4.98 Å². The molecular formula is C16H19N5O2S. The van der Waals surface area contributed by atoms with Crippen molar-refractivity contribution in [2.45, 2.75) is 37.8 Å². The van der Waals surface area contributed by atoms with Crippen LogP contribution in [0.1, 0.15) is 36.1 Å². The molecule has 7 nitrogen and oxygen atoms in total. The molecule has 3 rings (SSSR count). The second kappa shape index (κ2) is 7.14. The van der Waals surface area contributed by atoms with Gasteiger partial charge in [-0.15, -0.1) is 10.2 Å². The molecule has 0 saturated carbocycles. The van der Waals surface area contributed by atoms with Gasteiger partial charge in [0.25, 0.3) is 0 Å². The number of ether oxygens (including phenoxy) is 1. The molecule has 0 spiro atoms. The lowest BCUT2D eigenvalue weighted by Gasteiger charge is -2.08. The zero-order chi connectivity index (χ0) is 17.1. The molecule has 0 aliphatic rings. The summed E-state index contributed by atoms with van der Waals surface area (Å²) >= 11 is 1.51. The van der Waals surface area contributed by atoms with Gasteiger partial charge >= 0.3 is 0 Å². The van der Waals surface area contributed by atoms with Crippen molar-refractivity contribution in [3.63, 3.8) is 0 Å². The van der Waals surface area contributed by atoms with Gasteiger partial charge in [0.1, 0.15) is 11.9 Å². The highest BCUT2D eigenvalue weighted by molar-refractivity contribution is 7.98. The van der Waals surface area contributed by atoms with Gasteiger partial charge in [0.15, 0.2) is 11.0 Å². The van der Waals surface area contributed by atoms with E-state index in [0.29, 0.717) is 17.5 Å². The van der Waals surface area contributed by atoms with Crippen molar-refractivity contribution < 1.29 is 9.26 Å². The molecule has 0 saturated heterocycles. The number of methoxy groups -OCH3 is 1. The number of rotatable bonds is 6. The molecule has 0 N–H and O–H groups in total. The van der Waals surface area contributed by atoms with E-state index in [-0.39, 0.29) is 6.10 Å². The minimum atomic E-state index is -0.189. The predicted molar refractivity (Wildman–Crippen MR) is 90.1 cm³/mol. The summed E-state index contributed by atoms with van der Waals surface area (Å²) in [5.41, 5.74) is 2.23. The van der Waals surface area contributed by atoms with E-state index < -0.39 is 0 Å². The Hall–Kier alpha value is -2.19. The number of aromatic nitrogens is 5. The number of aryl methyl sites for hydroxylation is 2. The van der Waals surface area contributed by atoms with Crippen molar-refractivity contribution in [3.05, 3.63) is 47.4 Å². The fraction of sp³-hybridized carbons (Fsp3) is 0.375. The lowest BCUT2D eigenvalue weighted by Crippen LogP contribution is -2.00. The maximum atomic E-state index is 5.26. The van der Waals surface area contributed by atoms with Crippen LogP contribution in [-0.2, 0) is 10.5 Å². The molecule has 3 aromatic rings. The van der Waals surface area contributed by atoms with Crippen LogP contribution < -0.4 is 0 Å². The van der Waals surface area contributed by atoms with E-state index in [1.165, 1.54) is 17.3 Å². The molecule has 0 radical (unpaired) electrons. The Morgan fingerprint density at radius 2 is 2.12 bits per heavy atom. The summed E-state index contributed by atoms with van der Waals surface area (Å²) in [7, 11) is 1.61. The molecule has 0 aliphatic heterocycles. The predicted octanol–water partition coefficient (Wildman–Crippen LogP) is 3.27. The third-order valence-electron chi connectivity index (χ3n) is 3.58. The van der Waals surface area contributed by atoms with Crippen LogP contribution in [0.3, 0.4) is 0 Å². The summed E-state index contributed by atoms with van der Waals surface area (Å²) in [6.07, 6.45) is -0.189. The number of nitrogens with zero attached hydrogens (tertiary/aromatic N) is 5. The first-order valence-electron chi connectivity index (χ1n) is 7.55. The second-order valence-electron chi connectivity index (χ2n) is 5.42. The van der Waals surface area contributed by atoms with E-state index in [1.54, 1.807) is 7.11 Å². The molecule has 1 atom stereocenters. The topological polar surface area (TPSA) is 78.9 Å². The Labute approximate surface area is 144 Å². The van der Waals surface area contributed by atoms with Crippen LogP contribution in [0.2, 0.25) is 0 Å². The van der Waals surface area contributed by atoms with Crippen LogP contribution in [0.5, 0.6) is 0 Å². The molecular weight excluding hydrogens is 326 g/mol. The monoisotopic (exact) mass is 345 g/mol. The van der Waals surface area contributed by atoms with E-state index >= 15 is 0 Å². The fourth-order valence-electron chi connectivity index (χ4n) is 2.22. The molecule has 1 aromatic carbocycles. The first kappa shape index (κ1) is 16.7. The van der Waals surface area contributed by atoms with Gasteiger partial charge in [0.2, 0.25) is 5.89 Å². The second-order valence-corrected chi connectivity index (χ2v) is 6.36. The molecule has 24 heavy (non-hydrogen) atoms. The van der Waals surface area contributed by atoms with Gasteiger partial charge in [-0.3, -0.25) is 4.57 Å². The summed E-state index contributed by atoms with van der Waals surface area (Å²) in [5.74, 6) is 2.44. The standard InChI is InChI=1S/C16H19N5O2S/c1-10-6-5-7-13(8-10)21-12(3)18-19-16(21)24-9-14-17-15(20-23-14)11(2)22-4/h5-8,11H,9H2,1-4H3/t11-/m1/s1. The first-order chi connectivity index (χ1) is 11.6. The third-order valence-corrected chi connectivity index (χ3v) is 4.49. The summed E-state index contributed by atoms with van der Waals surface area (Å²) in [6.45, 7) is 5.87. The van der Waals surface area contributed by atoms with E-state index in [9.17, 15) is 0 Å². The normalized spacial score (nSPS) is 12.5. The molecule has 126 valence electrons. The van der Waals surface area contributed by atoms with Crippen LogP contribution in [0.15, 0.2) is 33.9 Å². The van der Waals surface area contributed by atoms with Crippen molar-refractivity contribution >= 4 is 11.8 Å². The van der Waals surface area contributed by atoms with E-state index in [2.05, 4.69) is 39.4 Å². The largest absolute Gasteiger partial charge is 0.374 e. The van der Waals surface area contributed by atoms with Crippen LogP contribution in [-0.4, -0.2) is 32.0 Å². The van der Waals surface area contributed by atoms with Crippen LogP contribution in [0.25, 0.3) is 5.69 Å². The highest BCUT2D eigenvalue weighted by atomic mass is 32.2. The molecule has 8 heteroatoms. The molecule has 2 aromatic heterocycles. The molecule has 0 fully saturated rings. The van der Waals surface area contributed by atoms with Gasteiger partial charge in [0, 0.05) is 12.8 Å². The van der Waals surface area contributed by atoms with E-state index in [0.717, 1.165) is 16.7 Å². The average Bonchev–Trinajstić information content (AvgIpc) is 3.19. The van der Waals surface area contributed by atoms with Gasteiger partial charge in [-0.05, 0) is 38.5 Å². The Kier molecular flexibility index (Phi) is 4.96. The minimum absolute atomic E-state index is 0.189. The highest BCUT2D eigenvalue weighted by Crippen LogP contribution is 2.25. The number of hydrogen-bond donors (Lipinski definition) is 0. The van der Waals surface area contributed by atoms with E-state index in [4.69, 9.17) is 9.26 Å². The molecule has 0 bridgehead atoms. The summed E-state index contributed by atoms with van der Waals surface area (Å²) < 4.78 is 12.5. The Morgan fingerprint density at radius 3 is 2.88 bits per heavy atom. The zero-order valence-electron chi connectivity index (χ0n) is 14.1. The minimum Gasteiger partial charge on any atom is -0.374 e. The summed E-state index contributed by atoms with van der Waals surface area (Å²) in [5, 5.41) is 13.2. The molecule has 2 heterocycles. The van der Waals surface area contributed by atoms with Crippen LogP contribution >= 0.6 is 11.8 Å². The fourth-order valence-corrected chi connectivity index (χ4v) is 3.06. The van der Waals surface area contributed by atoms with Gasteiger partial charge in [0.05, 0.1) is 5.75 Å². The number of hydrogen-bond acceptors (Lipinski definition) is 7. The highest BCUT2D eigenvalue weighted by Gasteiger charge is 2.16. The smallest absolute Gasteiger partial charge is 0.237 e. The molecule has 0 aliphatic carbocycles. The van der Waals surface area contributed by atoms with Gasteiger partial charge in [-0.25, -0.2) is 0 Å². The van der Waals surface area contributed by atoms with Crippen molar-refractivity contribution in [1.29, 1.82) is 0 Å². The van der Waals surface area contributed by atoms with Gasteiger partial charge < -0.3 is 9.26 Å². The maximum absolute atomic E-state index is 5.26. The quantitative estimate of drug-likeness (QED) is 0.634. The van der Waals surface area contributed by atoms with Crippen molar-refractivity contribution in [2.75, 3.05) is 7.11 Å². The van der Waals surface area contributed by atoms with Crippen LogP contribution in [0, 0.1) is 13.8 Å².